The predicted octanol–water partition coefficient (Wildman–Crippen LogP) is 0.112. The molecule has 2 heteroatoms. The monoisotopic (exact) mass is 148 g/mol. The van der Waals surface area contributed by atoms with Crippen LogP contribution in [0.15, 0.2) is 6.33 Å². The molecule has 1 fully saturated rings. The highest BCUT2D eigenvalue weighted by Crippen LogP contribution is 2.48. The Morgan fingerprint density at radius 3 is 3.18 bits per heavy atom. The largest absolute Gasteiger partial charge is 0.345 e. The molecule has 1 saturated carbocycles. The zero-order chi connectivity index (χ0) is 7.42. The zero-order valence-electron chi connectivity index (χ0n) is 6.41. The van der Waals surface area contributed by atoms with Crippen LogP contribution in [0.4, 0.5) is 0 Å². The molecule has 2 aliphatic carbocycles. The van der Waals surface area contributed by atoms with Gasteiger partial charge in [0.2, 0.25) is 0 Å². The van der Waals surface area contributed by atoms with Crippen molar-refractivity contribution in [1.82, 2.24) is 9.97 Å². The van der Waals surface area contributed by atoms with E-state index in [4.69, 9.17) is 0 Å². The number of imidazole rings is 1. The van der Waals surface area contributed by atoms with Crippen LogP contribution in [0, 0.1) is 17.8 Å². The molecular formula is C9H12N2. The fourth-order valence-corrected chi connectivity index (χ4v) is 2.01. The molecule has 1 aromatic heterocycles. The SMILES string of the molecule is CC1C2C=c3nc[nH]c3=CC12.[HH]. The Kier molecular flexibility index (Phi) is 0.799. The summed E-state index contributed by atoms with van der Waals surface area (Å²) in [6.45, 7) is 2.30. The van der Waals surface area contributed by atoms with Crippen LogP contribution in [-0.4, -0.2) is 9.97 Å². The average Bonchev–Trinajstić information content (AvgIpc) is 2.50. The third kappa shape index (κ3) is 0.595. The molecule has 11 heavy (non-hydrogen) atoms. The molecule has 3 rings (SSSR count). The van der Waals surface area contributed by atoms with E-state index in [1.807, 2.05) is 0 Å². The van der Waals surface area contributed by atoms with Crippen molar-refractivity contribution in [3.05, 3.63) is 17.0 Å². The highest BCUT2D eigenvalue weighted by Gasteiger charge is 2.44. The molecule has 1 heterocycles. The Hall–Kier alpha value is -1.05. The first-order valence-corrected chi connectivity index (χ1v) is 4.09. The van der Waals surface area contributed by atoms with Gasteiger partial charge >= 0.3 is 0 Å². The predicted molar refractivity (Wildman–Crippen MR) is 45.0 cm³/mol. The zero-order valence-corrected chi connectivity index (χ0v) is 6.41. The number of nitrogens with zero attached hydrogens (tertiary/aromatic N) is 1. The number of aromatic nitrogens is 2. The molecule has 2 aliphatic rings. The lowest BCUT2D eigenvalue weighted by Crippen LogP contribution is -2.26. The van der Waals surface area contributed by atoms with Crippen molar-refractivity contribution in [2.75, 3.05) is 0 Å². The fourth-order valence-electron chi connectivity index (χ4n) is 2.01. The van der Waals surface area contributed by atoms with Gasteiger partial charge in [-0.2, -0.15) is 0 Å². The Labute approximate surface area is 66.1 Å². The normalized spacial score (nSPS) is 38.1. The minimum atomic E-state index is 0. The summed E-state index contributed by atoms with van der Waals surface area (Å²) in [5.41, 5.74) is 0. The number of rotatable bonds is 0. The van der Waals surface area contributed by atoms with Gasteiger partial charge in [-0.1, -0.05) is 19.1 Å². The van der Waals surface area contributed by atoms with E-state index in [-0.39, 0.29) is 1.43 Å². The second-order valence-corrected chi connectivity index (χ2v) is 3.55. The molecule has 0 aromatic carbocycles. The quantitative estimate of drug-likeness (QED) is 0.556. The lowest BCUT2D eigenvalue weighted by molar-refractivity contribution is 0.905. The van der Waals surface area contributed by atoms with Crippen molar-refractivity contribution < 1.29 is 1.43 Å². The smallest absolute Gasteiger partial charge is 0.0931 e. The Balaban J connectivity index is 0.000000563. The van der Waals surface area contributed by atoms with Gasteiger partial charge in [-0.15, -0.1) is 0 Å². The number of hydrogen-bond donors (Lipinski definition) is 1. The van der Waals surface area contributed by atoms with Gasteiger partial charge in [0.05, 0.1) is 17.0 Å². The molecule has 58 valence electrons. The van der Waals surface area contributed by atoms with Gasteiger partial charge in [0.1, 0.15) is 0 Å². The highest BCUT2D eigenvalue weighted by atomic mass is 14.9. The maximum atomic E-state index is 4.23. The maximum absolute atomic E-state index is 4.23. The first-order valence-electron chi connectivity index (χ1n) is 4.09. The van der Waals surface area contributed by atoms with E-state index in [2.05, 4.69) is 29.0 Å². The minimum absolute atomic E-state index is 0. The fraction of sp³-hybridized carbons (Fsp3) is 0.444. The standard InChI is InChI=1S/C9H10N2.H2/c1-5-6-2-8-9(3-7(5)6)11-4-10-8;/h2-7H,1H3,(H,10,11);1H. The Morgan fingerprint density at radius 2 is 2.27 bits per heavy atom. The minimum Gasteiger partial charge on any atom is -0.345 e. The van der Waals surface area contributed by atoms with Crippen LogP contribution in [0.3, 0.4) is 0 Å². The summed E-state index contributed by atoms with van der Waals surface area (Å²) in [7, 11) is 0. The average molecular weight is 148 g/mol. The summed E-state index contributed by atoms with van der Waals surface area (Å²) in [6, 6.07) is 0. The van der Waals surface area contributed by atoms with E-state index in [0.717, 1.165) is 23.1 Å². The van der Waals surface area contributed by atoms with E-state index in [9.17, 15) is 0 Å². The molecule has 3 unspecified atom stereocenters. The topological polar surface area (TPSA) is 28.7 Å². The lowest BCUT2D eigenvalue weighted by Gasteiger charge is -1.89. The second-order valence-electron chi connectivity index (χ2n) is 3.55. The summed E-state index contributed by atoms with van der Waals surface area (Å²) in [4.78, 5) is 7.36. The van der Waals surface area contributed by atoms with Crippen molar-refractivity contribution >= 4 is 12.2 Å². The van der Waals surface area contributed by atoms with Crippen LogP contribution in [0.25, 0.3) is 12.2 Å². The molecule has 1 aromatic rings. The highest BCUT2D eigenvalue weighted by molar-refractivity contribution is 5.48. The number of hydrogen-bond acceptors (Lipinski definition) is 1. The maximum Gasteiger partial charge on any atom is 0.0931 e. The third-order valence-electron chi connectivity index (χ3n) is 2.93. The second kappa shape index (κ2) is 1.58. The number of fused-ring (bicyclic) bond motifs is 2. The summed E-state index contributed by atoms with van der Waals surface area (Å²) < 4.78 is 0. The third-order valence-corrected chi connectivity index (χ3v) is 2.93. The van der Waals surface area contributed by atoms with Crippen LogP contribution in [0.1, 0.15) is 8.35 Å². The Morgan fingerprint density at radius 1 is 1.45 bits per heavy atom. The molecular weight excluding hydrogens is 136 g/mol. The van der Waals surface area contributed by atoms with Gasteiger partial charge < -0.3 is 4.98 Å². The van der Waals surface area contributed by atoms with Gasteiger partial charge in [-0.25, -0.2) is 4.98 Å². The van der Waals surface area contributed by atoms with Crippen LogP contribution in [-0.2, 0) is 0 Å². The van der Waals surface area contributed by atoms with E-state index in [1.54, 1.807) is 6.33 Å². The molecule has 0 aliphatic heterocycles. The Bertz CT molecular complexity index is 370. The summed E-state index contributed by atoms with van der Waals surface area (Å²) in [5, 5.41) is 2.37. The van der Waals surface area contributed by atoms with E-state index in [0.29, 0.717) is 0 Å². The number of aromatic amines is 1. The van der Waals surface area contributed by atoms with E-state index < -0.39 is 0 Å². The van der Waals surface area contributed by atoms with Gasteiger partial charge in [0.25, 0.3) is 0 Å². The molecule has 0 saturated heterocycles. The molecule has 3 atom stereocenters. The number of nitrogens with one attached hydrogen (secondary N) is 1. The van der Waals surface area contributed by atoms with Crippen molar-refractivity contribution in [3.8, 4) is 0 Å². The molecule has 0 amide bonds. The van der Waals surface area contributed by atoms with E-state index in [1.165, 1.54) is 5.35 Å². The first-order chi connectivity index (χ1) is 5.36. The molecule has 0 radical (unpaired) electrons. The number of H-pyrrole nitrogens is 1. The van der Waals surface area contributed by atoms with Gasteiger partial charge in [-0.3, -0.25) is 0 Å². The van der Waals surface area contributed by atoms with Crippen LogP contribution in [0.2, 0.25) is 0 Å². The van der Waals surface area contributed by atoms with Gasteiger partial charge in [0, 0.05) is 1.43 Å². The van der Waals surface area contributed by atoms with Gasteiger partial charge in [0.15, 0.2) is 0 Å². The van der Waals surface area contributed by atoms with Crippen molar-refractivity contribution in [2.45, 2.75) is 6.92 Å². The van der Waals surface area contributed by atoms with Crippen LogP contribution >= 0.6 is 0 Å². The van der Waals surface area contributed by atoms with Crippen molar-refractivity contribution in [3.63, 3.8) is 0 Å². The molecule has 0 spiro atoms. The van der Waals surface area contributed by atoms with E-state index >= 15 is 0 Å². The summed E-state index contributed by atoms with van der Waals surface area (Å²) >= 11 is 0. The van der Waals surface area contributed by atoms with Crippen LogP contribution in [0.5, 0.6) is 0 Å². The molecule has 2 nitrogen and oxygen atoms in total. The summed E-state index contributed by atoms with van der Waals surface area (Å²) in [5.74, 6) is 2.42. The van der Waals surface area contributed by atoms with Crippen molar-refractivity contribution in [1.29, 1.82) is 0 Å². The molecule has 1 N–H and O–H groups in total. The lowest BCUT2D eigenvalue weighted by atomic mass is 10.2. The van der Waals surface area contributed by atoms with Crippen LogP contribution < -0.4 is 10.7 Å². The first kappa shape index (κ1) is 5.58. The molecule has 0 bridgehead atoms. The van der Waals surface area contributed by atoms with Gasteiger partial charge in [-0.05, 0) is 17.8 Å². The summed E-state index contributed by atoms with van der Waals surface area (Å²) in [6.07, 6.45) is 6.38. The van der Waals surface area contributed by atoms with Crippen molar-refractivity contribution in [2.24, 2.45) is 17.8 Å².